The van der Waals surface area contributed by atoms with E-state index in [-0.39, 0.29) is 0 Å². The molecule has 0 saturated carbocycles. The Morgan fingerprint density at radius 1 is 1.10 bits per heavy atom. The van der Waals surface area contributed by atoms with Crippen LogP contribution in [0.15, 0.2) is 0 Å². The van der Waals surface area contributed by atoms with E-state index in [1.807, 2.05) is 0 Å². The quantitative estimate of drug-likeness (QED) is 0.544. The SMILES string of the molecule is FSC(Cl)(Cl)SC(F)(F)Cl. The van der Waals surface area contributed by atoms with Crippen LogP contribution in [0.4, 0.5) is 12.7 Å². The summed E-state index contributed by atoms with van der Waals surface area (Å²) in [5.74, 6) is 0. The van der Waals surface area contributed by atoms with Crippen LogP contribution in [0.1, 0.15) is 0 Å². The van der Waals surface area contributed by atoms with Crippen LogP contribution in [0, 0.1) is 0 Å². The lowest BCUT2D eigenvalue weighted by Crippen LogP contribution is -2.09. The van der Waals surface area contributed by atoms with Crippen molar-refractivity contribution in [3.8, 4) is 0 Å². The number of rotatable bonds is 3. The number of hydrogen-bond donors (Lipinski definition) is 0. The van der Waals surface area contributed by atoms with Crippen LogP contribution in [0.5, 0.6) is 0 Å². The van der Waals surface area contributed by atoms with Gasteiger partial charge in [-0.1, -0.05) is 23.2 Å². The van der Waals surface area contributed by atoms with E-state index in [1.165, 1.54) is 0 Å². The van der Waals surface area contributed by atoms with Gasteiger partial charge in [0, 0.05) is 0 Å². The first-order chi connectivity index (χ1) is 4.27. The van der Waals surface area contributed by atoms with Crippen LogP contribution < -0.4 is 0 Å². The topological polar surface area (TPSA) is 0 Å². The van der Waals surface area contributed by atoms with Crippen molar-refractivity contribution in [3.05, 3.63) is 0 Å². The minimum Gasteiger partial charge on any atom is -0.177 e. The van der Waals surface area contributed by atoms with Crippen molar-refractivity contribution in [2.75, 3.05) is 0 Å². The molecule has 0 aliphatic heterocycles. The molecule has 0 aliphatic carbocycles. The van der Waals surface area contributed by atoms with E-state index in [0.29, 0.717) is 0 Å². The van der Waals surface area contributed by atoms with Crippen molar-refractivity contribution >= 4 is 58.7 Å². The highest BCUT2D eigenvalue weighted by molar-refractivity contribution is 8.20. The Balaban J connectivity index is 3.89. The van der Waals surface area contributed by atoms with Crippen molar-refractivity contribution in [2.24, 2.45) is 0 Å². The van der Waals surface area contributed by atoms with E-state index in [1.54, 1.807) is 0 Å². The molecule has 0 spiro atoms. The van der Waals surface area contributed by atoms with Crippen LogP contribution in [0.25, 0.3) is 0 Å². The monoisotopic (exact) mass is 250 g/mol. The molecule has 0 amide bonds. The Bertz CT molecular complexity index is 113. The van der Waals surface area contributed by atoms with Gasteiger partial charge < -0.3 is 0 Å². The summed E-state index contributed by atoms with van der Waals surface area (Å²) in [6.07, 6.45) is 0. The molecule has 0 saturated heterocycles. The zero-order valence-corrected chi connectivity index (χ0v) is 7.99. The average molecular weight is 252 g/mol. The van der Waals surface area contributed by atoms with Gasteiger partial charge in [0.2, 0.25) is 3.00 Å². The van der Waals surface area contributed by atoms with Crippen LogP contribution in [0.2, 0.25) is 0 Å². The lowest BCUT2D eigenvalue weighted by molar-refractivity contribution is 0.203. The van der Waals surface area contributed by atoms with E-state index in [0.717, 1.165) is 0 Å². The van der Waals surface area contributed by atoms with E-state index in [9.17, 15) is 12.7 Å². The third-order valence-corrected chi connectivity index (χ3v) is 2.46. The highest BCUT2D eigenvalue weighted by Crippen LogP contribution is 2.53. The molecule has 0 aliphatic rings. The maximum atomic E-state index is 11.8. The molecule has 0 bridgehead atoms. The second-order valence-electron chi connectivity index (χ2n) is 1.09. The smallest absolute Gasteiger partial charge is 0.177 e. The molecule has 0 rings (SSSR count). The molecular formula is C2Cl3F3S2. The van der Waals surface area contributed by atoms with Gasteiger partial charge >= 0.3 is 4.71 Å². The van der Waals surface area contributed by atoms with Gasteiger partial charge in [0.05, 0.1) is 12.1 Å². The summed E-state index contributed by atoms with van der Waals surface area (Å²) < 4.78 is 29.2. The van der Waals surface area contributed by atoms with Gasteiger partial charge in [0.15, 0.2) is 0 Å². The van der Waals surface area contributed by atoms with Gasteiger partial charge in [-0.15, -0.1) is 0 Å². The third kappa shape index (κ3) is 6.09. The maximum absolute atomic E-state index is 11.8. The van der Waals surface area contributed by atoms with Crippen LogP contribution in [0.3, 0.4) is 0 Å². The number of halogens is 6. The fourth-order valence-electron chi connectivity index (χ4n) is 0.150. The molecule has 0 heterocycles. The molecule has 0 N–H and O–H groups in total. The van der Waals surface area contributed by atoms with E-state index in [2.05, 4.69) is 11.6 Å². The van der Waals surface area contributed by atoms with Gasteiger partial charge in [-0.3, -0.25) is 0 Å². The summed E-state index contributed by atoms with van der Waals surface area (Å²) in [5.41, 5.74) is 0. The van der Waals surface area contributed by atoms with Crippen molar-refractivity contribution < 1.29 is 12.7 Å². The van der Waals surface area contributed by atoms with E-state index < -0.39 is 31.6 Å². The standard InChI is InChI=1S/C2Cl3F3S2/c3-1(4,10-8)9-2(5,6)7. The Morgan fingerprint density at radius 2 is 1.50 bits per heavy atom. The molecule has 0 fully saturated rings. The summed E-state index contributed by atoms with van der Waals surface area (Å²) in [6, 6.07) is 0. The van der Waals surface area contributed by atoms with Crippen LogP contribution in [-0.2, 0) is 0 Å². The normalized spacial score (nSPS) is 13.8. The Morgan fingerprint density at radius 3 is 1.60 bits per heavy atom. The van der Waals surface area contributed by atoms with E-state index in [4.69, 9.17) is 23.2 Å². The van der Waals surface area contributed by atoms with Crippen molar-refractivity contribution in [1.29, 1.82) is 0 Å². The lowest BCUT2D eigenvalue weighted by Gasteiger charge is -2.15. The Hall–Kier alpha value is 1.36. The highest BCUT2D eigenvalue weighted by Gasteiger charge is 2.40. The molecule has 0 atom stereocenters. The molecule has 0 aromatic carbocycles. The van der Waals surface area contributed by atoms with Gasteiger partial charge in [-0.25, -0.2) is 0 Å². The van der Waals surface area contributed by atoms with E-state index >= 15 is 0 Å². The third-order valence-electron chi connectivity index (χ3n) is 0.324. The molecular weight excluding hydrogens is 252 g/mol. The first-order valence-electron chi connectivity index (χ1n) is 1.71. The largest absolute Gasteiger partial charge is 0.374 e. The zero-order valence-electron chi connectivity index (χ0n) is 4.08. The fraction of sp³-hybridized carbons (Fsp3) is 1.00. The Labute approximate surface area is 79.1 Å². The number of thioether (sulfide) groups is 1. The molecule has 0 unspecified atom stereocenters. The molecule has 0 radical (unpaired) electrons. The molecule has 62 valence electrons. The lowest BCUT2D eigenvalue weighted by atomic mass is 11.6. The van der Waals surface area contributed by atoms with Crippen molar-refractivity contribution in [2.45, 2.75) is 7.71 Å². The van der Waals surface area contributed by atoms with Gasteiger partial charge in [-0.05, 0) is 23.4 Å². The summed E-state index contributed by atoms with van der Waals surface area (Å²) in [5, 5.41) is 0. The average Bonchev–Trinajstić information content (AvgIpc) is 1.60. The minimum absolute atomic E-state index is 0.390. The molecule has 8 heteroatoms. The first kappa shape index (κ1) is 11.4. The summed E-state index contributed by atoms with van der Waals surface area (Å²) in [4.78, 5) is 0. The van der Waals surface area contributed by atoms with Crippen LogP contribution >= 0.6 is 58.7 Å². The molecule has 0 aromatic heterocycles. The minimum atomic E-state index is -3.65. The second kappa shape index (κ2) is 3.85. The molecule has 0 aromatic rings. The van der Waals surface area contributed by atoms with Crippen LogP contribution in [-0.4, -0.2) is 7.71 Å². The predicted octanol–water partition coefficient (Wildman–Crippen LogP) is 4.22. The Kier molecular flexibility index (Phi) is 4.37. The summed E-state index contributed by atoms with van der Waals surface area (Å²) >= 11 is 13.3. The molecule has 10 heavy (non-hydrogen) atoms. The fourth-order valence-corrected chi connectivity index (χ4v) is 2.16. The predicted molar refractivity (Wildman–Crippen MR) is 41.5 cm³/mol. The maximum Gasteiger partial charge on any atom is 0.374 e. The van der Waals surface area contributed by atoms with Crippen molar-refractivity contribution in [1.82, 2.24) is 0 Å². The van der Waals surface area contributed by atoms with Crippen molar-refractivity contribution in [3.63, 3.8) is 0 Å². The zero-order chi connectivity index (χ0) is 8.41. The summed E-state index contributed by atoms with van der Waals surface area (Å²) in [6.45, 7) is 0. The molecule has 0 nitrogen and oxygen atoms in total. The second-order valence-corrected chi connectivity index (χ2v) is 6.37. The number of alkyl halides is 5. The summed E-state index contributed by atoms with van der Waals surface area (Å²) in [7, 11) is 0. The van der Waals surface area contributed by atoms with Gasteiger partial charge in [-0.2, -0.15) is 12.7 Å². The highest BCUT2D eigenvalue weighted by atomic mass is 35.5. The van der Waals surface area contributed by atoms with Gasteiger partial charge in [0.1, 0.15) is 0 Å². The number of hydrogen-bond acceptors (Lipinski definition) is 2. The van der Waals surface area contributed by atoms with Gasteiger partial charge in [0.25, 0.3) is 0 Å². The first-order valence-corrected chi connectivity index (χ1v) is 4.38.